The Morgan fingerprint density at radius 3 is 3.00 bits per heavy atom. The highest BCUT2D eigenvalue weighted by Crippen LogP contribution is 2.50. The number of hydrogen-bond acceptors (Lipinski definition) is 5. The van der Waals surface area contributed by atoms with Gasteiger partial charge in [0, 0.05) is 24.4 Å². The summed E-state index contributed by atoms with van der Waals surface area (Å²) in [6, 6.07) is 8.09. The number of likely N-dealkylation sites (tertiary alicyclic amines) is 1. The summed E-state index contributed by atoms with van der Waals surface area (Å²) in [5, 5.41) is 7.45. The number of methoxy groups -OCH3 is 1. The molecule has 2 unspecified atom stereocenters. The normalized spacial score (nSPS) is 24.0. The molecule has 0 radical (unpaired) electrons. The molecule has 3 atom stereocenters. The summed E-state index contributed by atoms with van der Waals surface area (Å²) in [7, 11) is 1.67. The predicted octanol–water partition coefficient (Wildman–Crippen LogP) is 4.14. The molecule has 1 saturated heterocycles. The van der Waals surface area contributed by atoms with E-state index in [9.17, 15) is 4.79 Å². The minimum Gasteiger partial charge on any atom is -0.382 e. The van der Waals surface area contributed by atoms with Crippen LogP contribution in [0.15, 0.2) is 42.9 Å². The van der Waals surface area contributed by atoms with E-state index in [0.717, 1.165) is 47.3 Å². The van der Waals surface area contributed by atoms with Crippen molar-refractivity contribution in [3.63, 3.8) is 0 Å². The fourth-order valence-electron chi connectivity index (χ4n) is 5.56. The van der Waals surface area contributed by atoms with Gasteiger partial charge in [-0.3, -0.25) is 4.98 Å². The molecule has 174 valence electrons. The van der Waals surface area contributed by atoms with Crippen molar-refractivity contribution in [2.45, 2.75) is 44.7 Å². The van der Waals surface area contributed by atoms with Gasteiger partial charge in [-0.25, -0.2) is 9.31 Å². The molecule has 1 aliphatic carbocycles. The Kier molecular flexibility index (Phi) is 5.80. The van der Waals surface area contributed by atoms with E-state index >= 15 is 0 Å². The Morgan fingerprint density at radius 2 is 2.15 bits per heavy atom. The van der Waals surface area contributed by atoms with Gasteiger partial charge in [-0.05, 0) is 55.9 Å². The van der Waals surface area contributed by atoms with Crippen LogP contribution in [0, 0.1) is 12.8 Å². The number of benzene rings is 1. The van der Waals surface area contributed by atoms with Crippen LogP contribution in [0.4, 0.5) is 10.5 Å². The van der Waals surface area contributed by atoms with Gasteiger partial charge in [0.2, 0.25) is 0 Å². The maximum Gasteiger partial charge on any atom is 0.322 e. The molecule has 1 saturated carbocycles. The monoisotopic (exact) mass is 449 g/mol. The highest BCUT2D eigenvalue weighted by molar-refractivity contribution is 5.92. The zero-order chi connectivity index (χ0) is 23.0. The molecule has 8 nitrogen and oxygen atoms in total. The predicted molar refractivity (Wildman–Crippen MR) is 126 cm³/mol. The van der Waals surface area contributed by atoms with Gasteiger partial charge in [-0.2, -0.15) is 5.10 Å². The molecule has 8 heteroatoms. The first-order valence-corrected chi connectivity index (χ1v) is 11.6. The van der Waals surface area contributed by atoms with E-state index < -0.39 is 0 Å². The van der Waals surface area contributed by atoms with Crippen LogP contribution in [0.5, 0.6) is 0 Å². The van der Waals surface area contributed by atoms with Crippen LogP contribution in [0.3, 0.4) is 0 Å². The Hall–Kier alpha value is -2.97. The number of carbonyl (C=O) groups is 1. The van der Waals surface area contributed by atoms with Crippen molar-refractivity contribution in [3.05, 3.63) is 48.4 Å². The molecule has 5 rings (SSSR count). The Morgan fingerprint density at radius 1 is 1.27 bits per heavy atom. The van der Waals surface area contributed by atoms with E-state index in [0.29, 0.717) is 25.7 Å². The molecule has 3 aromatic rings. The molecule has 2 aliphatic rings. The van der Waals surface area contributed by atoms with Crippen molar-refractivity contribution >= 4 is 17.2 Å². The van der Waals surface area contributed by atoms with Gasteiger partial charge >= 0.3 is 6.03 Å². The summed E-state index contributed by atoms with van der Waals surface area (Å²) in [5.74, 6) is 0.591. The SMILES string of the molecule is COCCOCC12CC(C[C@@H](C)C1)N2C(=O)Nc1ccc(C)c(-c2cn3nccc3cn2)c1. The molecule has 1 aromatic carbocycles. The number of rotatable bonds is 7. The van der Waals surface area contributed by atoms with Crippen molar-refractivity contribution in [1.29, 1.82) is 0 Å². The summed E-state index contributed by atoms with van der Waals surface area (Å²) in [5.41, 5.74) is 4.36. The van der Waals surface area contributed by atoms with Gasteiger partial charge in [0.25, 0.3) is 0 Å². The van der Waals surface area contributed by atoms with Gasteiger partial charge in [0.15, 0.2) is 0 Å². The summed E-state index contributed by atoms with van der Waals surface area (Å²) in [6.45, 7) is 5.97. The maximum atomic E-state index is 13.4. The second-order valence-electron chi connectivity index (χ2n) is 9.48. The van der Waals surface area contributed by atoms with Gasteiger partial charge in [-0.15, -0.1) is 0 Å². The van der Waals surface area contributed by atoms with Gasteiger partial charge in [-0.1, -0.05) is 13.0 Å². The average Bonchev–Trinajstić information content (AvgIpc) is 3.25. The number of aromatic nitrogens is 3. The standard InChI is InChI=1S/C25H31N5O3/c1-17-10-21-13-25(12-17,16-33-9-8-32-3)30(21)24(31)28-19-5-4-18(2)22(11-19)23-15-29-20(14-26-23)6-7-27-29/h4-7,11,14-15,17,21H,8-10,12-13,16H2,1-3H3,(H,28,31)/t17-,21?,25?/m1/s1. The van der Waals surface area contributed by atoms with Crippen LogP contribution in [0.25, 0.3) is 16.8 Å². The van der Waals surface area contributed by atoms with Crippen LogP contribution < -0.4 is 5.32 Å². The molecular weight excluding hydrogens is 418 g/mol. The highest BCUT2D eigenvalue weighted by Gasteiger charge is 2.58. The maximum absolute atomic E-state index is 13.4. The minimum absolute atomic E-state index is 0.0567. The zero-order valence-corrected chi connectivity index (χ0v) is 19.5. The Labute approximate surface area is 193 Å². The summed E-state index contributed by atoms with van der Waals surface area (Å²) < 4.78 is 12.8. The third-order valence-corrected chi connectivity index (χ3v) is 6.96. The lowest BCUT2D eigenvalue weighted by atomic mass is 9.65. The molecule has 2 fully saturated rings. The third-order valence-electron chi connectivity index (χ3n) is 6.96. The fourth-order valence-corrected chi connectivity index (χ4v) is 5.56. The third kappa shape index (κ3) is 4.09. The van der Waals surface area contributed by atoms with E-state index in [-0.39, 0.29) is 17.6 Å². The molecule has 2 aromatic heterocycles. The van der Waals surface area contributed by atoms with Crippen molar-refractivity contribution < 1.29 is 14.3 Å². The second kappa shape index (κ2) is 8.76. The molecule has 0 spiro atoms. The van der Waals surface area contributed by atoms with Gasteiger partial charge in [0.1, 0.15) is 0 Å². The molecule has 1 aliphatic heterocycles. The second-order valence-corrected chi connectivity index (χ2v) is 9.48. The van der Waals surface area contributed by atoms with E-state index in [1.807, 2.05) is 53.0 Å². The molecule has 2 amide bonds. The summed E-state index contributed by atoms with van der Waals surface area (Å²) in [4.78, 5) is 20.0. The largest absolute Gasteiger partial charge is 0.382 e. The first-order chi connectivity index (χ1) is 16.0. The molecule has 3 heterocycles. The number of aryl methyl sites for hydroxylation is 1. The van der Waals surface area contributed by atoms with Crippen LogP contribution in [-0.4, -0.2) is 64.0 Å². The number of ether oxygens (including phenoxy) is 2. The number of nitrogens with one attached hydrogen (secondary N) is 1. The number of hydrogen-bond donors (Lipinski definition) is 1. The van der Waals surface area contributed by atoms with E-state index in [4.69, 9.17) is 9.47 Å². The average molecular weight is 450 g/mol. The number of piperidine rings is 1. The van der Waals surface area contributed by atoms with Crippen LogP contribution >= 0.6 is 0 Å². The number of amides is 2. The van der Waals surface area contributed by atoms with Gasteiger partial charge in [0.05, 0.1) is 55.2 Å². The minimum atomic E-state index is -0.222. The first-order valence-electron chi connectivity index (χ1n) is 11.6. The van der Waals surface area contributed by atoms with Crippen LogP contribution in [0.2, 0.25) is 0 Å². The Bertz CT molecular complexity index is 1160. The molecule has 33 heavy (non-hydrogen) atoms. The quantitative estimate of drug-likeness (QED) is 0.548. The highest BCUT2D eigenvalue weighted by atomic mass is 16.5. The summed E-state index contributed by atoms with van der Waals surface area (Å²) in [6.07, 6.45) is 8.49. The van der Waals surface area contributed by atoms with Crippen molar-refractivity contribution in [1.82, 2.24) is 19.5 Å². The topological polar surface area (TPSA) is 81.0 Å². The van der Waals surface area contributed by atoms with Crippen molar-refractivity contribution in [2.24, 2.45) is 5.92 Å². The smallest absolute Gasteiger partial charge is 0.322 e. The van der Waals surface area contributed by atoms with Crippen LogP contribution in [-0.2, 0) is 9.47 Å². The fraction of sp³-hybridized carbons (Fsp3) is 0.480. The number of fused-ring (bicyclic) bond motifs is 3. The van der Waals surface area contributed by atoms with E-state index in [2.05, 4.69) is 22.3 Å². The van der Waals surface area contributed by atoms with E-state index in [1.54, 1.807) is 13.3 Å². The lowest BCUT2D eigenvalue weighted by Gasteiger charge is -2.63. The zero-order valence-electron chi connectivity index (χ0n) is 19.5. The lowest BCUT2D eigenvalue weighted by Crippen LogP contribution is -2.74. The number of anilines is 1. The van der Waals surface area contributed by atoms with Crippen LogP contribution in [0.1, 0.15) is 31.7 Å². The first kappa shape index (κ1) is 21.9. The van der Waals surface area contributed by atoms with Gasteiger partial charge < -0.3 is 19.7 Å². The molecule has 2 bridgehead atoms. The number of nitrogens with zero attached hydrogens (tertiary/aromatic N) is 4. The number of carbonyl (C=O) groups excluding carboxylic acids is 1. The van der Waals surface area contributed by atoms with E-state index in [1.165, 1.54) is 0 Å². The Balaban J connectivity index is 1.34. The number of urea groups is 1. The molecule has 1 N–H and O–H groups in total. The molecular formula is C25H31N5O3. The van der Waals surface area contributed by atoms with Crippen molar-refractivity contribution in [3.8, 4) is 11.3 Å². The van der Waals surface area contributed by atoms with Crippen molar-refractivity contribution in [2.75, 3.05) is 32.2 Å². The summed E-state index contributed by atoms with van der Waals surface area (Å²) >= 11 is 0. The lowest BCUT2D eigenvalue weighted by molar-refractivity contribution is -0.131.